The fourth-order valence-electron chi connectivity index (χ4n) is 4.58. The van der Waals surface area contributed by atoms with Gasteiger partial charge in [-0.15, -0.1) is 0 Å². The Morgan fingerprint density at radius 2 is 1.72 bits per heavy atom. The van der Waals surface area contributed by atoms with Gasteiger partial charge in [-0.2, -0.15) is 5.10 Å². The van der Waals surface area contributed by atoms with E-state index in [1.165, 1.54) is 0 Å². The summed E-state index contributed by atoms with van der Waals surface area (Å²) in [6, 6.07) is 14.5. The fraction of sp³-hybridized carbons (Fsp3) is 0.357. The van der Waals surface area contributed by atoms with Crippen molar-refractivity contribution in [2.24, 2.45) is 5.41 Å². The van der Waals surface area contributed by atoms with Crippen molar-refractivity contribution in [2.75, 3.05) is 47.9 Å². The predicted molar refractivity (Wildman–Crippen MR) is 148 cm³/mol. The number of H-pyrrole nitrogens is 1. The molecule has 36 heavy (non-hydrogen) atoms. The van der Waals surface area contributed by atoms with Crippen LogP contribution in [0.25, 0.3) is 22.0 Å². The minimum absolute atomic E-state index is 0. The molecule has 2 aromatic heterocycles. The van der Waals surface area contributed by atoms with Crippen LogP contribution in [-0.2, 0) is 4.79 Å². The molecule has 1 amide bonds. The zero-order valence-corrected chi connectivity index (χ0v) is 20.7. The van der Waals surface area contributed by atoms with E-state index in [1.807, 2.05) is 58.4 Å². The topological polar surface area (TPSA) is 81.2 Å². The molecule has 1 aliphatic heterocycles. The summed E-state index contributed by atoms with van der Waals surface area (Å²) < 4.78 is 0. The van der Waals surface area contributed by atoms with E-state index in [4.69, 9.17) is 0 Å². The van der Waals surface area contributed by atoms with Crippen molar-refractivity contribution >= 4 is 34.0 Å². The van der Waals surface area contributed by atoms with E-state index < -0.39 is 5.41 Å². The van der Waals surface area contributed by atoms with Crippen LogP contribution in [0.2, 0.25) is 0 Å². The second-order valence-corrected chi connectivity index (χ2v) is 10.0. The lowest BCUT2D eigenvalue weighted by atomic mass is 9.94. The van der Waals surface area contributed by atoms with Crippen LogP contribution in [0.1, 0.15) is 28.2 Å². The van der Waals surface area contributed by atoms with Gasteiger partial charge in [-0.3, -0.25) is 9.89 Å². The lowest BCUT2D eigenvalue weighted by Gasteiger charge is -2.37. The van der Waals surface area contributed by atoms with Crippen LogP contribution in [0.3, 0.4) is 0 Å². The highest BCUT2D eigenvalue weighted by Crippen LogP contribution is 2.30. The highest BCUT2D eigenvalue weighted by Gasteiger charge is 2.26. The first kappa shape index (κ1) is 25.2. The lowest BCUT2D eigenvalue weighted by Crippen LogP contribution is -2.47. The maximum Gasteiger partial charge on any atom is 0.232 e. The standard InChI is InChI=1S/C27H31N7O.CH4/c1-27(2,3)26(35)32(4)21-6-5-7-22(15-21)33-10-12-34(13-11-33)25-23-14-19(20-16-30-31-17-20)8-9-24(23)28-18-29-25;/h5-9,14-18H,10-13H2,1-4H3,(H,30,31);1H4. The molecule has 0 radical (unpaired) electrons. The summed E-state index contributed by atoms with van der Waals surface area (Å²) in [6.45, 7) is 9.28. The third-order valence-corrected chi connectivity index (χ3v) is 6.55. The zero-order valence-electron chi connectivity index (χ0n) is 20.7. The number of piperazine rings is 1. The van der Waals surface area contributed by atoms with E-state index in [0.29, 0.717) is 0 Å². The average molecular weight is 486 g/mol. The number of anilines is 3. The Kier molecular flexibility index (Phi) is 6.97. The maximum atomic E-state index is 12.7. The Morgan fingerprint density at radius 1 is 0.972 bits per heavy atom. The molecule has 0 spiro atoms. The molecule has 1 saturated heterocycles. The Balaban J connectivity index is 0.00000304. The van der Waals surface area contributed by atoms with Crippen molar-refractivity contribution in [3.63, 3.8) is 0 Å². The fourth-order valence-corrected chi connectivity index (χ4v) is 4.58. The first-order valence-corrected chi connectivity index (χ1v) is 11.9. The summed E-state index contributed by atoms with van der Waals surface area (Å²) in [5.41, 5.74) is 4.69. The van der Waals surface area contributed by atoms with Gasteiger partial charge in [0.15, 0.2) is 0 Å². The van der Waals surface area contributed by atoms with Crippen LogP contribution in [0.5, 0.6) is 0 Å². The van der Waals surface area contributed by atoms with Crippen LogP contribution in [0.4, 0.5) is 17.2 Å². The molecular formula is C28H35N7O. The van der Waals surface area contributed by atoms with Crippen LogP contribution in [-0.4, -0.2) is 59.3 Å². The largest absolute Gasteiger partial charge is 0.368 e. The number of hydrogen-bond donors (Lipinski definition) is 1. The van der Waals surface area contributed by atoms with Crippen LogP contribution >= 0.6 is 0 Å². The Labute approximate surface area is 213 Å². The number of carbonyl (C=O) groups is 1. The van der Waals surface area contributed by atoms with Gasteiger partial charge in [0.25, 0.3) is 0 Å². The predicted octanol–water partition coefficient (Wildman–Crippen LogP) is 4.99. The molecule has 3 heterocycles. The van der Waals surface area contributed by atoms with Crippen molar-refractivity contribution in [2.45, 2.75) is 28.2 Å². The van der Waals surface area contributed by atoms with Crippen LogP contribution < -0.4 is 14.7 Å². The number of aromatic amines is 1. The molecule has 1 fully saturated rings. The molecule has 4 aromatic rings. The van der Waals surface area contributed by atoms with E-state index in [1.54, 1.807) is 11.2 Å². The van der Waals surface area contributed by atoms with Gasteiger partial charge in [-0.25, -0.2) is 9.97 Å². The molecule has 0 atom stereocenters. The number of fused-ring (bicyclic) bond motifs is 1. The van der Waals surface area contributed by atoms with Crippen molar-refractivity contribution in [3.05, 3.63) is 61.2 Å². The van der Waals surface area contributed by atoms with Gasteiger partial charge in [-0.1, -0.05) is 40.3 Å². The van der Waals surface area contributed by atoms with E-state index in [2.05, 4.69) is 54.2 Å². The van der Waals surface area contributed by atoms with Crippen molar-refractivity contribution in [3.8, 4) is 11.1 Å². The average Bonchev–Trinajstić information content (AvgIpc) is 3.42. The number of amides is 1. The minimum atomic E-state index is -0.422. The van der Waals surface area contributed by atoms with Crippen molar-refractivity contribution in [1.82, 2.24) is 20.2 Å². The normalized spacial score (nSPS) is 14.0. The molecule has 2 aromatic carbocycles. The van der Waals surface area contributed by atoms with Gasteiger partial charge in [0.2, 0.25) is 5.91 Å². The molecular weight excluding hydrogens is 450 g/mol. The summed E-state index contributed by atoms with van der Waals surface area (Å²) in [6.07, 6.45) is 5.36. The van der Waals surface area contributed by atoms with E-state index >= 15 is 0 Å². The third-order valence-electron chi connectivity index (χ3n) is 6.55. The van der Waals surface area contributed by atoms with Gasteiger partial charge in [0.05, 0.1) is 11.7 Å². The number of nitrogens with one attached hydrogen (secondary N) is 1. The first-order chi connectivity index (χ1) is 16.8. The number of rotatable bonds is 4. The maximum absolute atomic E-state index is 12.7. The summed E-state index contributed by atoms with van der Waals surface area (Å²) >= 11 is 0. The van der Waals surface area contributed by atoms with Gasteiger partial charge >= 0.3 is 0 Å². The molecule has 8 heteroatoms. The zero-order chi connectivity index (χ0) is 24.6. The second-order valence-electron chi connectivity index (χ2n) is 10.0. The monoisotopic (exact) mass is 485 g/mol. The molecule has 5 rings (SSSR count). The van der Waals surface area contributed by atoms with Gasteiger partial charge < -0.3 is 14.7 Å². The number of carbonyl (C=O) groups excluding carboxylic acids is 1. The first-order valence-electron chi connectivity index (χ1n) is 11.9. The number of nitrogens with zero attached hydrogens (tertiary/aromatic N) is 6. The summed E-state index contributed by atoms with van der Waals surface area (Å²) in [5, 5.41) is 8.00. The van der Waals surface area contributed by atoms with Crippen molar-refractivity contribution in [1.29, 1.82) is 0 Å². The second kappa shape index (κ2) is 9.97. The van der Waals surface area contributed by atoms with E-state index in [-0.39, 0.29) is 13.3 Å². The Bertz CT molecular complexity index is 1340. The molecule has 0 unspecified atom stereocenters. The Morgan fingerprint density at radius 3 is 2.42 bits per heavy atom. The molecule has 1 aliphatic rings. The number of hydrogen-bond acceptors (Lipinski definition) is 6. The smallest absolute Gasteiger partial charge is 0.232 e. The van der Waals surface area contributed by atoms with E-state index in [9.17, 15) is 4.79 Å². The minimum Gasteiger partial charge on any atom is -0.368 e. The van der Waals surface area contributed by atoms with Gasteiger partial charge in [-0.05, 0) is 35.9 Å². The molecule has 0 bridgehead atoms. The summed E-state index contributed by atoms with van der Waals surface area (Å²) in [4.78, 5) is 28.3. The molecule has 0 aliphatic carbocycles. The number of aromatic nitrogens is 4. The Hall–Kier alpha value is -3.94. The molecule has 0 saturated carbocycles. The van der Waals surface area contributed by atoms with Gasteiger partial charge in [0, 0.05) is 67.2 Å². The summed E-state index contributed by atoms with van der Waals surface area (Å²) in [5.74, 6) is 1.06. The van der Waals surface area contributed by atoms with Crippen LogP contribution in [0.15, 0.2) is 61.2 Å². The van der Waals surface area contributed by atoms with Crippen LogP contribution in [0, 0.1) is 5.41 Å². The van der Waals surface area contributed by atoms with Gasteiger partial charge in [0.1, 0.15) is 12.1 Å². The molecule has 8 nitrogen and oxygen atoms in total. The molecule has 188 valence electrons. The highest BCUT2D eigenvalue weighted by molar-refractivity contribution is 5.97. The van der Waals surface area contributed by atoms with Crippen molar-refractivity contribution < 1.29 is 4.79 Å². The number of benzene rings is 2. The lowest BCUT2D eigenvalue weighted by molar-refractivity contribution is -0.125. The third kappa shape index (κ3) is 4.89. The quantitative estimate of drug-likeness (QED) is 0.439. The molecule has 1 N–H and O–H groups in total. The summed E-state index contributed by atoms with van der Waals surface area (Å²) in [7, 11) is 1.85. The highest BCUT2D eigenvalue weighted by atomic mass is 16.2. The SMILES string of the molecule is C.CN(C(=O)C(C)(C)C)c1cccc(N2CCN(c3ncnc4ccc(-c5cn[nH]c5)cc34)CC2)c1. The van der Waals surface area contributed by atoms with E-state index in [0.717, 1.165) is 65.4 Å².